The number of allylic oxidation sites excluding steroid dienone is 2. The molecule has 39 heavy (non-hydrogen) atoms. The van der Waals surface area contributed by atoms with Gasteiger partial charge in [-0.3, -0.25) is 9.59 Å². The lowest BCUT2D eigenvalue weighted by Crippen LogP contribution is -2.54. The standard InChI is InChI=1S/C33H49N3O2S/c1-3-5-6-7-8-10-15-26(4-2)32(37)34-30(24-27-25-39-31-17-12-11-16-29(27)31)33(38)36-22-18-28(19-23-36)35-20-13-9-14-21-35/h5-6,11-12,16-17,25-26,28,30H,3-4,7-10,13-15,18-24H2,1-2H3,(H,34,37). The number of fused-ring (bicyclic) bond motifs is 1. The summed E-state index contributed by atoms with van der Waals surface area (Å²) >= 11 is 1.72. The largest absolute Gasteiger partial charge is 0.344 e. The summed E-state index contributed by atoms with van der Waals surface area (Å²) in [6.45, 7) is 8.24. The van der Waals surface area contributed by atoms with Gasteiger partial charge in [-0.25, -0.2) is 0 Å². The summed E-state index contributed by atoms with van der Waals surface area (Å²) in [5, 5.41) is 6.62. The molecule has 0 saturated carbocycles. The van der Waals surface area contributed by atoms with E-state index in [1.807, 2.05) is 4.90 Å². The first-order valence-corrected chi connectivity index (χ1v) is 16.4. The van der Waals surface area contributed by atoms with E-state index in [9.17, 15) is 9.59 Å². The number of amides is 2. The highest BCUT2D eigenvalue weighted by molar-refractivity contribution is 7.17. The van der Waals surface area contributed by atoms with Crippen molar-refractivity contribution in [2.24, 2.45) is 5.92 Å². The summed E-state index contributed by atoms with van der Waals surface area (Å²) in [5.41, 5.74) is 1.16. The predicted molar refractivity (Wildman–Crippen MR) is 164 cm³/mol. The Bertz CT molecular complexity index is 1070. The van der Waals surface area contributed by atoms with Gasteiger partial charge >= 0.3 is 0 Å². The molecular weight excluding hydrogens is 502 g/mol. The maximum absolute atomic E-state index is 13.9. The number of nitrogens with zero attached hydrogens (tertiary/aromatic N) is 2. The molecule has 2 saturated heterocycles. The number of carbonyl (C=O) groups is 2. The van der Waals surface area contributed by atoms with Crippen molar-refractivity contribution in [1.82, 2.24) is 15.1 Å². The molecule has 5 nitrogen and oxygen atoms in total. The van der Waals surface area contributed by atoms with E-state index in [2.05, 4.69) is 65.9 Å². The minimum atomic E-state index is -0.511. The van der Waals surface area contributed by atoms with Crippen molar-refractivity contribution < 1.29 is 9.59 Å². The van der Waals surface area contributed by atoms with Crippen molar-refractivity contribution in [3.8, 4) is 0 Å². The molecule has 1 aromatic heterocycles. The SMILES string of the molecule is CCC=CCCCCC(CC)C(=O)NC(Cc1csc2ccccc12)C(=O)N1CCC(N2CCCCC2)CC1. The van der Waals surface area contributed by atoms with Gasteiger partial charge < -0.3 is 15.1 Å². The van der Waals surface area contributed by atoms with Crippen molar-refractivity contribution in [2.75, 3.05) is 26.2 Å². The van der Waals surface area contributed by atoms with Crippen LogP contribution in [0, 0.1) is 5.92 Å². The van der Waals surface area contributed by atoms with Gasteiger partial charge in [-0.1, -0.05) is 57.0 Å². The van der Waals surface area contributed by atoms with Gasteiger partial charge in [0.2, 0.25) is 11.8 Å². The van der Waals surface area contributed by atoms with Gasteiger partial charge in [0.15, 0.2) is 0 Å². The van der Waals surface area contributed by atoms with E-state index >= 15 is 0 Å². The predicted octanol–water partition coefficient (Wildman–Crippen LogP) is 6.96. The number of piperidine rings is 2. The van der Waals surface area contributed by atoms with Crippen LogP contribution in [0.25, 0.3) is 10.1 Å². The molecule has 1 aromatic carbocycles. The Morgan fingerprint density at radius 1 is 1.03 bits per heavy atom. The summed E-state index contributed by atoms with van der Waals surface area (Å²) in [5.74, 6) is 0.0949. The number of thiophene rings is 1. The zero-order valence-electron chi connectivity index (χ0n) is 24.2. The average Bonchev–Trinajstić information content (AvgIpc) is 3.39. The van der Waals surface area contributed by atoms with E-state index in [0.717, 1.165) is 70.0 Å². The molecule has 0 radical (unpaired) electrons. The Labute approximate surface area is 240 Å². The average molecular weight is 552 g/mol. The molecule has 2 aliphatic rings. The van der Waals surface area contributed by atoms with Crippen LogP contribution in [0.15, 0.2) is 41.8 Å². The first kappa shape index (κ1) is 29.8. The van der Waals surface area contributed by atoms with Crippen molar-refractivity contribution in [3.63, 3.8) is 0 Å². The van der Waals surface area contributed by atoms with Crippen molar-refractivity contribution in [3.05, 3.63) is 47.4 Å². The Kier molecular flexibility index (Phi) is 11.9. The fraction of sp³-hybridized carbons (Fsp3) is 0.636. The molecule has 3 heterocycles. The van der Waals surface area contributed by atoms with Gasteiger partial charge in [-0.15, -0.1) is 11.3 Å². The van der Waals surface area contributed by atoms with Gasteiger partial charge in [0.05, 0.1) is 0 Å². The number of hydrogen-bond donors (Lipinski definition) is 1. The van der Waals surface area contributed by atoms with E-state index in [1.54, 1.807) is 11.3 Å². The second-order valence-corrected chi connectivity index (χ2v) is 12.4. The lowest BCUT2D eigenvalue weighted by Gasteiger charge is -2.41. The third-order valence-corrected chi connectivity index (χ3v) is 9.73. The van der Waals surface area contributed by atoms with E-state index < -0.39 is 6.04 Å². The molecule has 214 valence electrons. The Morgan fingerprint density at radius 2 is 1.79 bits per heavy atom. The molecule has 0 bridgehead atoms. The van der Waals surface area contributed by atoms with Crippen LogP contribution in [0.5, 0.6) is 0 Å². The summed E-state index contributed by atoms with van der Waals surface area (Å²) in [4.78, 5) is 32.1. The van der Waals surface area contributed by atoms with Crippen LogP contribution in [-0.4, -0.2) is 59.9 Å². The van der Waals surface area contributed by atoms with Crippen LogP contribution >= 0.6 is 11.3 Å². The van der Waals surface area contributed by atoms with Crippen molar-refractivity contribution >= 4 is 33.2 Å². The summed E-state index contributed by atoms with van der Waals surface area (Å²) in [6, 6.07) is 8.47. The van der Waals surface area contributed by atoms with E-state index in [-0.39, 0.29) is 17.7 Å². The fourth-order valence-electron chi connectivity index (χ4n) is 6.31. The van der Waals surface area contributed by atoms with Crippen LogP contribution in [0.3, 0.4) is 0 Å². The number of nitrogens with one attached hydrogen (secondary N) is 1. The lowest BCUT2D eigenvalue weighted by molar-refractivity contribution is -0.138. The maximum atomic E-state index is 13.9. The summed E-state index contributed by atoms with van der Waals surface area (Å²) in [7, 11) is 0. The molecule has 2 aromatic rings. The Hall–Kier alpha value is -2.18. The van der Waals surface area contributed by atoms with Gasteiger partial charge in [-0.05, 0) is 93.3 Å². The molecule has 2 amide bonds. The molecule has 2 atom stereocenters. The van der Waals surface area contributed by atoms with E-state index in [0.29, 0.717) is 12.5 Å². The minimum Gasteiger partial charge on any atom is -0.344 e. The quantitative estimate of drug-likeness (QED) is 0.216. The number of carbonyl (C=O) groups excluding carboxylic acids is 2. The number of benzene rings is 1. The maximum Gasteiger partial charge on any atom is 0.245 e. The molecule has 2 aliphatic heterocycles. The highest BCUT2D eigenvalue weighted by atomic mass is 32.1. The number of rotatable bonds is 13. The van der Waals surface area contributed by atoms with Crippen molar-refractivity contribution in [1.29, 1.82) is 0 Å². The number of unbranched alkanes of at least 4 members (excludes halogenated alkanes) is 2. The fourth-order valence-corrected chi connectivity index (χ4v) is 7.29. The van der Waals surface area contributed by atoms with Gasteiger partial charge in [-0.2, -0.15) is 0 Å². The van der Waals surface area contributed by atoms with Gasteiger partial charge in [0, 0.05) is 36.2 Å². The third kappa shape index (κ3) is 8.40. The Morgan fingerprint density at radius 3 is 2.54 bits per heavy atom. The van der Waals surface area contributed by atoms with Crippen LogP contribution in [0.1, 0.15) is 90.0 Å². The third-order valence-electron chi connectivity index (χ3n) is 8.72. The summed E-state index contributed by atoms with van der Waals surface area (Å²) < 4.78 is 1.23. The number of likely N-dealkylation sites (tertiary alicyclic amines) is 2. The second-order valence-electron chi connectivity index (χ2n) is 11.4. The molecule has 4 rings (SSSR count). The normalized spacial score (nSPS) is 19.0. The molecule has 0 spiro atoms. The summed E-state index contributed by atoms with van der Waals surface area (Å²) in [6.07, 6.45) is 17.0. The van der Waals surface area contributed by atoms with Crippen molar-refractivity contribution in [2.45, 2.75) is 103 Å². The highest BCUT2D eigenvalue weighted by Crippen LogP contribution is 2.28. The Balaban J connectivity index is 1.41. The zero-order chi connectivity index (χ0) is 27.5. The number of hydrogen-bond acceptors (Lipinski definition) is 4. The molecular formula is C33H49N3O2S. The highest BCUT2D eigenvalue weighted by Gasteiger charge is 2.33. The van der Waals surface area contributed by atoms with Crippen LogP contribution < -0.4 is 5.32 Å². The zero-order valence-corrected chi connectivity index (χ0v) is 25.0. The molecule has 2 fully saturated rings. The van der Waals surface area contributed by atoms with Crippen LogP contribution in [0.4, 0.5) is 0 Å². The second kappa shape index (κ2) is 15.6. The minimum absolute atomic E-state index is 0.0421. The van der Waals surface area contributed by atoms with Gasteiger partial charge in [0.25, 0.3) is 0 Å². The monoisotopic (exact) mass is 551 g/mol. The van der Waals surface area contributed by atoms with E-state index in [1.165, 1.54) is 42.4 Å². The molecule has 1 N–H and O–H groups in total. The first-order valence-electron chi connectivity index (χ1n) is 15.5. The molecule has 0 aliphatic carbocycles. The van der Waals surface area contributed by atoms with Crippen LogP contribution in [-0.2, 0) is 16.0 Å². The van der Waals surface area contributed by atoms with Crippen LogP contribution in [0.2, 0.25) is 0 Å². The smallest absolute Gasteiger partial charge is 0.245 e. The molecule has 2 unspecified atom stereocenters. The topological polar surface area (TPSA) is 52.7 Å². The molecule has 6 heteroatoms. The lowest BCUT2D eigenvalue weighted by atomic mass is 9.95. The van der Waals surface area contributed by atoms with Gasteiger partial charge in [0.1, 0.15) is 6.04 Å². The van der Waals surface area contributed by atoms with E-state index in [4.69, 9.17) is 0 Å². The first-order chi connectivity index (χ1) is 19.1.